The van der Waals surface area contributed by atoms with E-state index >= 15 is 0 Å². The third kappa shape index (κ3) is 6.65. The Morgan fingerprint density at radius 3 is 2.39 bits per heavy atom. The fraction of sp³-hybridized carbons (Fsp3) is 0.381. The molecule has 1 unspecified atom stereocenters. The van der Waals surface area contributed by atoms with Gasteiger partial charge in [-0.15, -0.1) is 0 Å². The van der Waals surface area contributed by atoms with Crippen LogP contribution in [0, 0.1) is 0 Å². The maximum atomic E-state index is 13.0. The number of rotatable bonds is 9. The number of nitrogens with one attached hydrogen (secondary N) is 2. The van der Waals surface area contributed by atoms with Crippen LogP contribution in [0.1, 0.15) is 37.0 Å². The summed E-state index contributed by atoms with van der Waals surface area (Å²) in [7, 11) is 0. The highest BCUT2D eigenvalue weighted by atomic mass is 19.4. The standard InChI is InChI=1S/C21H25F3N2O2/c1-3-28-14-17-9-5-4-8-16(17)13-25-15(2)12-20(27)26-19-11-7-6-10-18(19)21(22,23)24/h4-11,15,25H,3,12-14H2,1-2H3,(H,26,27). The Morgan fingerprint density at radius 2 is 1.71 bits per heavy atom. The molecule has 0 bridgehead atoms. The van der Waals surface area contributed by atoms with Crippen LogP contribution in [-0.4, -0.2) is 18.6 Å². The Labute approximate surface area is 163 Å². The Hall–Kier alpha value is -2.38. The van der Waals surface area contributed by atoms with Crippen LogP contribution >= 0.6 is 0 Å². The molecule has 0 aliphatic heterocycles. The summed E-state index contributed by atoms with van der Waals surface area (Å²) >= 11 is 0. The van der Waals surface area contributed by atoms with Crippen molar-refractivity contribution in [2.24, 2.45) is 0 Å². The van der Waals surface area contributed by atoms with Crippen molar-refractivity contribution < 1.29 is 22.7 Å². The van der Waals surface area contributed by atoms with Crippen LogP contribution in [0.4, 0.5) is 18.9 Å². The van der Waals surface area contributed by atoms with Gasteiger partial charge in [-0.05, 0) is 37.1 Å². The lowest BCUT2D eigenvalue weighted by Crippen LogP contribution is -2.31. The van der Waals surface area contributed by atoms with Crippen molar-refractivity contribution in [3.05, 3.63) is 65.2 Å². The Kier molecular flexibility index (Phi) is 8.02. The van der Waals surface area contributed by atoms with E-state index in [1.165, 1.54) is 18.2 Å². The van der Waals surface area contributed by atoms with Crippen LogP contribution in [0.2, 0.25) is 0 Å². The second-order valence-electron chi connectivity index (χ2n) is 6.48. The van der Waals surface area contributed by atoms with E-state index in [9.17, 15) is 18.0 Å². The molecule has 2 rings (SSSR count). The summed E-state index contributed by atoms with van der Waals surface area (Å²) in [6, 6.07) is 12.6. The third-order valence-corrected chi connectivity index (χ3v) is 4.22. The van der Waals surface area contributed by atoms with Crippen molar-refractivity contribution in [3.8, 4) is 0 Å². The lowest BCUT2D eigenvalue weighted by molar-refractivity contribution is -0.137. The molecule has 4 nitrogen and oxygen atoms in total. The molecule has 0 fully saturated rings. The van der Waals surface area contributed by atoms with Crippen molar-refractivity contribution >= 4 is 11.6 Å². The first-order chi connectivity index (χ1) is 13.3. The topological polar surface area (TPSA) is 50.4 Å². The number of ether oxygens (including phenoxy) is 1. The molecule has 2 aromatic rings. The molecule has 0 aliphatic carbocycles. The van der Waals surface area contributed by atoms with Crippen molar-refractivity contribution in [3.63, 3.8) is 0 Å². The van der Waals surface area contributed by atoms with Gasteiger partial charge >= 0.3 is 6.18 Å². The number of hydrogen-bond acceptors (Lipinski definition) is 3. The van der Waals surface area contributed by atoms with Gasteiger partial charge in [-0.3, -0.25) is 4.79 Å². The molecule has 0 spiro atoms. The van der Waals surface area contributed by atoms with E-state index in [1.807, 2.05) is 38.1 Å². The molecule has 1 atom stereocenters. The number of carbonyl (C=O) groups excluding carboxylic acids is 1. The molecule has 152 valence electrons. The molecule has 2 aromatic carbocycles. The molecule has 1 amide bonds. The summed E-state index contributed by atoms with van der Waals surface area (Å²) in [6.07, 6.45) is -4.46. The van der Waals surface area contributed by atoms with Crippen LogP contribution in [0.3, 0.4) is 0 Å². The van der Waals surface area contributed by atoms with Crippen molar-refractivity contribution in [2.75, 3.05) is 11.9 Å². The fourth-order valence-corrected chi connectivity index (χ4v) is 2.76. The average molecular weight is 394 g/mol. The Balaban J connectivity index is 1.91. The van der Waals surface area contributed by atoms with Crippen LogP contribution in [0.25, 0.3) is 0 Å². The quantitative estimate of drug-likeness (QED) is 0.645. The van der Waals surface area contributed by atoms with E-state index in [2.05, 4.69) is 10.6 Å². The Bertz CT molecular complexity index is 778. The zero-order valence-corrected chi connectivity index (χ0v) is 16.0. The van der Waals surface area contributed by atoms with E-state index < -0.39 is 17.6 Å². The zero-order valence-electron chi connectivity index (χ0n) is 16.0. The molecular weight excluding hydrogens is 369 g/mol. The van der Waals surface area contributed by atoms with Crippen LogP contribution in [0.5, 0.6) is 0 Å². The van der Waals surface area contributed by atoms with Crippen LogP contribution in [0.15, 0.2) is 48.5 Å². The number of halogens is 3. The largest absolute Gasteiger partial charge is 0.418 e. The molecule has 28 heavy (non-hydrogen) atoms. The second kappa shape index (κ2) is 10.2. The third-order valence-electron chi connectivity index (χ3n) is 4.22. The number of carbonyl (C=O) groups is 1. The van der Waals surface area contributed by atoms with E-state index in [1.54, 1.807) is 0 Å². The van der Waals surface area contributed by atoms with Gasteiger partial charge in [0.1, 0.15) is 0 Å². The minimum Gasteiger partial charge on any atom is -0.377 e. The number of amides is 1. The molecule has 2 N–H and O–H groups in total. The molecule has 7 heteroatoms. The Morgan fingerprint density at radius 1 is 1.07 bits per heavy atom. The number of para-hydroxylation sites is 1. The molecule has 0 saturated heterocycles. The minimum atomic E-state index is -4.52. The predicted octanol–water partition coefficient (Wildman–Crippen LogP) is 4.75. The first-order valence-corrected chi connectivity index (χ1v) is 9.15. The molecular formula is C21H25F3N2O2. The van der Waals surface area contributed by atoms with Crippen molar-refractivity contribution in [1.82, 2.24) is 5.32 Å². The molecule has 0 aliphatic rings. The summed E-state index contributed by atoms with van der Waals surface area (Å²) in [4.78, 5) is 12.2. The van der Waals surface area contributed by atoms with Gasteiger partial charge in [0.15, 0.2) is 0 Å². The van der Waals surface area contributed by atoms with Gasteiger partial charge in [0.25, 0.3) is 0 Å². The summed E-state index contributed by atoms with van der Waals surface area (Å²) in [5.74, 6) is -0.473. The summed E-state index contributed by atoms with van der Waals surface area (Å²) in [5, 5.41) is 5.61. The smallest absolute Gasteiger partial charge is 0.377 e. The average Bonchev–Trinajstić information content (AvgIpc) is 2.64. The van der Waals surface area contributed by atoms with Crippen LogP contribution in [-0.2, 0) is 28.9 Å². The van der Waals surface area contributed by atoms with Crippen molar-refractivity contribution in [2.45, 2.75) is 45.6 Å². The van der Waals surface area contributed by atoms with Gasteiger partial charge in [-0.2, -0.15) is 13.2 Å². The second-order valence-corrected chi connectivity index (χ2v) is 6.48. The van der Waals surface area contributed by atoms with Crippen molar-refractivity contribution in [1.29, 1.82) is 0 Å². The summed E-state index contributed by atoms with van der Waals surface area (Å²) in [6.45, 7) is 5.42. The van der Waals surface area contributed by atoms with E-state index in [0.717, 1.165) is 17.2 Å². The minimum absolute atomic E-state index is 0.0554. The predicted molar refractivity (Wildman–Crippen MR) is 103 cm³/mol. The highest BCUT2D eigenvalue weighted by Gasteiger charge is 2.33. The lowest BCUT2D eigenvalue weighted by Gasteiger charge is -2.17. The van der Waals surface area contributed by atoms with Gasteiger partial charge < -0.3 is 15.4 Å². The van der Waals surface area contributed by atoms with E-state index in [4.69, 9.17) is 4.74 Å². The number of anilines is 1. The molecule has 0 aromatic heterocycles. The van der Waals surface area contributed by atoms with Gasteiger partial charge in [-0.1, -0.05) is 36.4 Å². The number of hydrogen-bond donors (Lipinski definition) is 2. The van der Waals surface area contributed by atoms with Gasteiger partial charge in [-0.25, -0.2) is 0 Å². The lowest BCUT2D eigenvalue weighted by atomic mass is 10.1. The zero-order chi connectivity index (χ0) is 20.6. The monoisotopic (exact) mass is 394 g/mol. The number of benzene rings is 2. The fourth-order valence-electron chi connectivity index (χ4n) is 2.76. The normalized spacial score (nSPS) is 12.6. The molecule has 0 heterocycles. The van der Waals surface area contributed by atoms with Gasteiger partial charge in [0, 0.05) is 25.6 Å². The van der Waals surface area contributed by atoms with E-state index in [-0.39, 0.29) is 18.2 Å². The van der Waals surface area contributed by atoms with Crippen LogP contribution < -0.4 is 10.6 Å². The summed E-state index contributed by atoms with van der Waals surface area (Å²) < 4.78 is 44.5. The SMILES string of the molecule is CCOCc1ccccc1CNC(C)CC(=O)Nc1ccccc1C(F)(F)F. The number of alkyl halides is 3. The van der Waals surface area contributed by atoms with Gasteiger partial charge in [0.2, 0.25) is 5.91 Å². The van der Waals surface area contributed by atoms with E-state index in [0.29, 0.717) is 19.8 Å². The van der Waals surface area contributed by atoms with Gasteiger partial charge in [0.05, 0.1) is 17.9 Å². The highest BCUT2D eigenvalue weighted by Crippen LogP contribution is 2.34. The highest BCUT2D eigenvalue weighted by molar-refractivity contribution is 5.92. The molecule has 0 radical (unpaired) electrons. The maximum Gasteiger partial charge on any atom is 0.418 e. The maximum absolute atomic E-state index is 13.0. The first-order valence-electron chi connectivity index (χ1n) is 9.15. The first kappa shape index (κ1) is 21.9. The molecule has 0 saturated carbocycles. The summed E-state index contributed by atoms with van der Waals surface area (Å²) in [5.41, 5.74) is 1.04.